The number of unbranched alkanes of at least 4 members (excludes halogenated alkanes) is 4. The zero-order valence-electron chi connectivity index (χ0n) is 13.9. The fraction of sp³-hybridized carbons (Fsp3) is 0.500. The molecule has 1 aromatic carbocycles. The Hall–Kier alpha value is -2.17. The van der Waals surface area contributed by atoms with Gasteiger partial charge in [0.25, 0.3) is 5.89 Å². The van der Waals surface area contributed by atoms with Crippen LogP contribution >= 0.6 is 0 Å². The van der Waals surface area contributed by atoms with Crippen molar-refractivity contribution in [1.82, 2.24) is 10.1 Å². The molecule has 0 unspecified atom stereocenters. The number of carbonyl (C=O) groups excluding carboxylic acids is 1. The normalized spacial score (nSPS) is 10.7. The van der Waals surface area contributed by atoms with Gasteiger partial charge >= 0.3 is 5.97 Å². The number of rotatable bonds is 9. The topological polar surface area (TPSA) is 65.2 Å². The van der Waals surface area contributed by atoms with E-state index < -0.39 is 0 Å². The Labute approximate surface area is 137 Å². The summed E-state index contributed by atoms with van der Waals surface area (Å²) < 4.78 is 9.90. The Morgan fingerprint density at radius 2 is 1.87 bits per heavy atom. The van der Waals surface area contributed by atoms with Crippen molar-refractivity contribution in [3.63, 3.8) is 0 Å². The Morgan fingerprint density at radius 1 is 1.13 bits per heavy atom. The second-order valence-corrected chi connectivity index (χ2v) is 5.65. The second kappa shape index (κ2) is 9.08. The third-order valence-corrected chi connectivity index (χ3v) is 3.65. The van der Waals surface area contributed by atoms with Crippen molar-refractivity contribution < 1.29 is 14.1 Å². The van der Waals surface area contributed by atoms with Crippen molar-refractivity contribution in [2.75, 3.05) is 0 Å². The van der Waals surface area contributed by atoms with E-state index in [0.29, 0.717) is 11.7 Å². The van der Waals surface area contributed by atoms with Crippen LogP contribution in [0.5, 0.6) is 0 Å². The SMILES string of the molecule is CCCCCCCc1ccc(-c2noc(COC(C)=O)n2)cc1. The molecule has 2 rings (SSSR count). The van der Waals surface area contributed by atoms with Crippen LogP contribution in [0.2, 0.25) is 0 Å². The van der Waals surface area contributed by atoms with Gasteiger partial charge in [0.1, 0.15) is 0 Å². The molecule has 5 heteroatoms. The predicted octanol–water partition coefficient (Wildman–Crippen LogP) is 4.31. The van der Waals surface area contributed by atoms with E-state index in [9.17, 15) is 4.79 Å². The highest BCUT2D eigenvalue weighted by molar-refractivity contribution is 5.65. The van der Waals surface area contributed by atoms with Gasteiger partial charge in [-0.3, -0.25) is 4.79 Å². The zero-order chi connectivity index (χ0) is 16.5. The average Bonchev–Trinajstić information content (AvgIpc) is 3.02. The van der Waals surface area contributed by atoms with Crippen molar-refractivity contribution >= 4 is 5.97 Å². The first-order valence-electron chi connectivity index (χ1n) is 8.24. The van der Waals surface area contributed by atoms with E-state index in [1.54, 1.807) is 0 Å². The van der Waals surface area contributed by atoms with E-state index in [1.807, 2.05) is 12.1 Å². The first kappa shape index (κ1) is 17.2. The zero-order valence-corrected chi connectivity index (χ0v) is 13.9. The molecule has 0 bridgehead atoms. The van der Waals surface area contributed by atoms with Crippen molar-refractivity contribution in [3.05, 3.63) is 35.7 Å². The lowest BCUT2D eigenvalue weighted by Gasteiger charge is -2.02. The van der Waals surface area contributed by atoms with Crippen LogP contribution in [-0.4, -0.2) is 16.1 Å². The highest BCUT2D eigenvalue weighted by Crippen LogP contribution is 2.18. The maximum atomic E-state index is 10.8. The molecule has 0 amide bonds. The van der Waals surface area contributed by atoms with Gasteiger partial charge in [-0.25, -0.2) is 0 Å². The second-order valence-electron chi connectivity index (χ2n) is 5.65. The third-order valence-electron chi connectivity index (χ3n) is 3.65. The summed E-state index contributed by atoms with van der Waals surface area (Å²) in [6.07, 6.45) is 7.55. The van der Waals surface area contributed by atoms with Gasteiger partial charge in [-0.05, 0) is 18.4 Å². The Morgan fingerprint density at radius 3 is 2.57 bits per heavy atom. The van der Waals surface area contributed by atoms with E-state index in [1.165, 1.54) is 44.6 Å². The summed E-state index contributed by atoms with van der Waals surface area (Å²) in [5, 5.41) is 3.91. The summed E-state index contributed by atoms with van der Waals surface area (Å²) in [6.45, 7) is 3.59. The van der Waals surface area contributed by atoms with Crippen LogP contribution < -0.4 is 0 Å². The molecule has 0 spiro atoms. The van der Waals surface area contributed by atoms with Gasteiger partial charge in [-0.1, -0.05) is 62.0 Å². The number of hydrogen-bond acceptors (Lipinski definition) is 5. The van der Waals surface area contributed by atoms with Crippen LogP contribution in [0.3, 0.4) is 0 Å². The van der Waals surface area contributed by atoms with Crippen molar-refractivity contribution in [1.29, 1.82) is 0 Å². The van der Waals surface area contributed by atoms with Gasteiger partial charge in [-0.15, -0.1) is 0 Å². The molecule has 5 nitrogen and oxygen atoms in total. The van der Waals surface area contributed by atoms with Crippen LogP contribution in [0, 0.1) is 0 Å². The monoisotopic (exact) mass is 316 g/mol. The molecule has 0 atom stereocenters. The van der Waals surface area contributed by atoms with Crippen LogP contribution in [-0.2, 0) is 22.6 Å². The van der Waals surface area contributed by atoms with Crippen molar-refractivity contribution in [2.24, 2.45) is 0 Å². The molecule has 1 heterocycles. The molecule has 0 saturated carbocycles. The standard InChI is InChI=1S/C18H24N2O3/c1-3-4-5-6-7-8-15-9-11-16(12-10-15)18-19-17(23-20-18)13-22-14(2)21/h9-12H,3-8,13H2,1-2H3. The van der Waals surface area contributed by atoms with E-state index in [-0.39, 0.29) is 12.6 Å². The lowest BCUT2D eigenvalue weighted by molar-refractivity contribution is -0.143. The summed E-state index contributed by atoms with van der Waals surface area (Å²) in [5.74, 6) is 0.449. The molecule has 0 aliphatic carbocycles. The van der Waals surface area contributed by atoms with E-state index in [0.717, 1.165) is 12.0 Å². The minimum absolute atomic E-state index is 0.0121. The molecule has 2 aromatic rings. The fourth-order valence-corrected chi connectivity index (χ4v) is 2.35. The number of ether oxygens (including phenoxy) is 1. The summed E-state index contributed by atoms with van der Waals surface area (Å²) >= 11 is 0. The number of esters is 1. The molecule has 23 heavy (non-hydrogen) atoms. The summed E-state index contributed by atoms with van der Waals surface area (Å²) in [6, 6.07) is 8.22. The minimum atomic E-state index is -0.368. The van der Waals surface area contributed by atoms with E-state index >= 15 is 0 Å². The maximum Gasteiger partial charge on any atom is 0.303 e. The van der Waals surface area contributed by atoms with Gasteiger partial charge < -0.3 is 9.26 Å². The molecular formula is C18H24N2O3. The third kappa shape index (κ3) is 5.85. The summed E-state index contributed by atoms with van der Waals surface area (Å²) in [7, 11) is 0. The highest BCUT2D eigenvalue weighted by atomic mass is 16.6. The highest BCUT2D eigenvalue weighted by Gasteiger charge is 2.09. The lowest BCUT2D eigenvalue weighted by atomic mass is 10.0. The van der Waals surface area contributed by atoms with E-state index in [4.69, 9.17) is 9.26 Å². The van der Waals surface area contributed by atoms with Crippen LogP contribution in [0.1, 0.15) is 57.4 Å². The molecule has 0 saturated heterocycles. The Kier molecular flexibility index (Phi) is 6.78. The number of hydrogen-bond donors (Lipinski definition) is 0. The number of aryl methyl sites for hydroxylation is 1. The minimum Gasteiger partial charge on any atom is -0.456 e. The molecule has 0 aliphatic rings. The molecule has 0 N–H and O–H groups in total. The average molecular weight is 316 g/mol. The molecular weight excluding hydrogens is 292 g/mol. The van der Waals surface area contributed by atoms with Crippen LogP contribution in [0.15, 0.2) is 28.8 Å². The van der Waals surface area contributed by atoms with Crippen molar-refractivity contribution in [2.45, 2.75) is 59.0 Å². The summed E-state index contributed by atoms with van der Waals surface area (Å²) in [4.78, 5) is 15.0. The van der Waals surface area contributed by atoms with Crippen molar-refractivity contribution in [3.8, 4) is 11.4 Å². The Balaban J connectivity index is 1.85. The largest absolute Gasteiger partial charge is 0.456 e. The molecule has 0 radical (unpaired) electrons. The van der Waals surface area contributed by atoms with Crippen LogP contribution in [0.25, 0.3) is 11.4 Å². The smallest absolute Gasteiger partial charge is 0.303 e. The van der Waals surface area contributed by atoms with E-state index in [2.05, 4.69) is 29.2 Å². The van der Waals surface area contributed by atoms with Gasteiger partial charge in [0, 0.05) is 12.5 Å². The molecule has 0 fully saturated rings. The lowest BCUT2D eigenvalue weighted by Crippen LogP contribution is -1.98. The van der Waals surface area contributed by atoms with Gasteiger partial charge in [0.05, 0.1) is 0 Å². The quantitative estimate of drug-likeness (QED) is 0.509. The van der Waals surface area contributed by atoms with Gasteiger partial charge in [-0.2, -0.15) is 4.98 Å². The molecule has 0 aliphatic heterocycles. The Bertz CT molecular complexity index is 605. The van der Waals surface area contributed by atoms with Gasteiger partial charge in [0.2, 0.25) is 5.82 Å². The van der Waals surface area contributed by atoms with Crippen LogP contribution in [0.4, 0.5) is 0 Å². The first-order chi connectivity index (χ1) is 11.2. The predicted molar refractivity (Wildman–Crippen MR) is 87.7 cm³/mol. The number of aromatic nitrogens is 2. The fourth-order valence-electron chi connectivity index (χ4n) is 2.35. The number of benzene rings is 1. The summed E-state index contributed by atoms with van der Waals surface area (Å²) in [5.41, 5.74) is 2.23. The maximum absolute atomic E-state index is 10.8. The molecule has 124 valence electrons. The number of carbonyl (C=O) groups is 1. The van der Waals surface area contributed by atoms with Gasteiger partial charge in [0.15, 0.2) is 6.61 Å². The molecule has 1 aromatic heterocycles. The first-order valence-corrected chi connectivity index (χ1v) is 8.24. The number of nitrogens with zero attached hydrogens (tertiary/aromatic N) is 2.